The fraction of sp³-hybridized carbons (Fsp3) is 1.00. The zero-order valence-electron chi connectivity index (χ0n) is 10.7. The second kappa shape index (κ2) is 6.90. The van der Waals surface area contributed by atoms with Gasteiger partial charge in [0.1, 0.15) is 0 Å². The number of rotatable bonds is 4. The highest BCUT2D eigenvalue weighted by Crippen LogP contribution is 2.32. The molecule has 1 saturated carbocycles. The third-order valence-electron chi connectivity index (χ3n) is 4.17. The van der Waals surface area contributed by atoms with Crippen LogP contribution < -0.4 is 5.32 Å². The molecule has 0 aromatic rings. The Morgan fingerprint density at radius 2 is 2.12 bits per heavy atom. The van der Waals surface area contributed by atoms with Crippen molar-refractivity contribution in [3.05, 3.63) is 0 Å². The van der Waals surface area contributed by atoms with Crippen molar-refractivity contribution in [2.24, 2.45) is 11.8 Å². The summed E-state index contributed by atoms with van der Waals surface area (Å²) in [4.78, 5) is 0. The number of nitrogens with one attached hydrogen (secondary N) is 1. The van der Waals surface area contributed by atoms with Gasteiger partial charge in [-0.2, -0.15) is 11.8 Å². The number of hydrogen-bond acceptors (Lipinski definition) is 2. The first kappa shape index (κ1) is 12.8. The van der Waals surface area contributed by atoms with Crippen molar-refractivity contribution < 1.29 is 0 Å². The standard InChI is InChI=1S/C14H27NS/c1-12-4-2-6-14(10-12)16-9-7-13-5-3-8-15-11-13/h12-15H,2-11H2,1H3. The van der Waals surface area contributed by atoms with Gasteiger partial charge in [-0.1, -0.05) is 19.8 Å². The monoisotopic (exact) mass is 241 g/mol. The van der Waals surface area contributed by atoms with Crippen molar-refractivity contribution >= 4 is 11.8 Å². The molecule has 1 saturated heterocycles. The smallest absolute Gasteiger partial charge is 0.00495 e. The summed E-state index contributed by atoms with van der Waals surface area (Å²) in [6.45, 7) is 4.96. The van der Waals surface area contributed by atoms with Gasteiger partial charge >= 0.3 is 0 Å². The molecular weight excluding hydrogens is 214 g/mol. The molecule has 2 fully saturated rings. The topological polar surface area (TPSA) is 12.0 Å². The minimum absolute atomic E-state index is 0.974. The summed E-state index contributed by atoms with van der Waals surface area (Å²) in [5.74, 6) is 3.37. The minimum atomic E-state index is 0.974. The number of hydrogen-bond donors (Lipinski definition) is 1. The lowest BCUT2D eigenvalue weighted by molar-refractivity contribution is 0.369. The Morgan fingerprint density at radius 3 is 2.88 bits per heavy atom. The zero-order valence-corrected chi connectivity index (χ0v) is 11.5. The van der Waals surface area contributed by atoms with Crippen LogP contribution >= 0.6 is 11.8 Å². The van der Waals surface area contributed by atoms with Gasteiger partial charge in [-0.15, -0.1) is 0 Å². The summed E-state index contributed by atoms with van der Waals surface area (Å²) in [6, 6.07) is 0. The van der Waals surface area contributed by atoms with Gasteiger partial charge in [0.15, 0.2) is 0 Å². The molecule has 0 aromatic carbocycles. The van der Waals surface area contributed by atoms with E-state index in [0.717, 1.165) is 17.1 Å². The molecule has 0 spiro atoms. The van der Waals surface area contributed by atoms with Crippen molar-refractivity contribution in [1.82, 2.24) is 5.32 Å². The highest BCUT2D eigenvalue weighted by molar-refractivity contribution is 7.99. The predicted octanol–water partition coefficient (Wildman–Crippen LogP) is 3.69. The molecule has 94 valence electrons. The quantitative estimate of drug-likeness (QED) is 0.805. The fourth-order valence-corrected chi connectivity index (χ4v) is 4.70. The van der Waals surface area contributed by atoms with Gasteiger partial charge in [0.05, 0.1) is 0 Å². The highest BCUT2D eigenvalue weighted by Gasteiger charge is 2.19. The van der Waals surface area contributed by atoms with Crippen LogP contribution in [0.15, 0.2) is 0 Å². The van der Waals surface area contributed by atoms with Crippen LogP contribution in [0, 0.1) is 11.8 Å². The molecule has 2 heteroatoms. The Labute approximate surface area is 105 Å². The Bertz CT molecular complexity index is 189. The maximum Gasteiger partial charge on any atom is 0.00495 e. The molecule has 1 heterocycles. The zero-order chi connectivity index (χ0) is 11.2. The average Bonchev–Trinajstić information content (AvgIpc) is 2.30. The Morgan fingerprint density at radius 1 is 1.19 bits per heavy atom. The van der Waals surface area contributed by atoms with E-state index in [1.807, 2.05) is 0 Å². The third kappa shape index (κ3) is 4.29. The summed E-state index contributed by atoms with van der Waals surface area (Å²) in [7, 11) is 0. The number of thioether (sulfide) groups is 1. The summed E-state index contributed by atoms with van der Waals surface area (Å²) in [5.41, 5.74) is 0. The van der Waals surface area contributed by atoms with Crippen molar-refractivity contribution in [1.29, 1.82) is 0 Å². The molecule has 2 rings (SSSR count). The van der Waals surface area contributed by atoms with Crippen LogP contribution in [-0.2, 0) is 0 Å². The average molecular weight is 241 g/mol. The van der Waals surface area contributed by atoms with Gasteiger partial charge in [0.2, 0.25) is 0 Å². The maximum absolute atomic E-state index is 3.52. The van der Waals surface area contributed by atoms with E-state index in [9.17, 15) is 0 Å². The molecule has 0 amide bonds. The van der Waals surface area contributed by atoms with Crippen LogP contribution in [0.5, 0.6) is 0 Å². The van der Waals surface area contributed by atoms with Gasteiger partial charge in [0, 0.05) is 5.25 Å². The van der Waals surface area contributed by atoms with Crippen molar-refractivity contribution in [2.45, 2.75) is 57.1 Å². The number of piperidine rings is 1. The third-order valence-corrected chi connectivity index (χ3v) is 5.54. The first-order chi connectivity index (χ1) is 7.84. The van der Waals surface area contributed by atoms with Gasteiger partial charge in [-0.05, 0) is 62.8 Å². The van der Waals surface area contributed by atoms with Crippen LogP contribution in [-0.4, -0.2) is 24.1 Å². The first-order valence-electron chi connectivity index (χ1n) is 7.17. The largest absolute Gasteiger partial charge is 0.316 e. The summed E-state index contributed by atoms with van der Waals surface area (Å²) >= 11 is 2.27. The van der Waals surface area contributed by atoms with Gasteiger partial charge in [0.25, 0.3) is 0 Å². The first-order valence-corrected chi connectivity index (χ1v) is 8.22. The van der Waals surface area contributed by atoms with Crippen molar-refractivity contribution in [3.8, 4) is 0 Å². The normalized spacial score (nSPS) is 36.2. The Kier molecular flexibility index (Phi) is 5.51. The van der Waals surface area contributed by atoms with E-state index < -0.39 is 0 Å². The minimum Gasteiger partial charge on any atom is -0.316 e. The van der Waals surface area contributed by atoms with Crippen LogP contribution in [0.4, 0.5) is 0 Å². The summed E-state index contributed by atoms with van der Waals surface area (Å²) in [5, 5.41) is 4.51. The molecule has 2 aliphatic rings. The summed E-state index contributed by atoms with van der Waals surface area (Å²) < 4.78 is 0. The van der Waals surface area contributed by atoms with Gasteiger partial charge < -0.3 is 5.32 Å². The van der Waals surface area contributed by atoms with Crippen molar-refractivity contribution in [3.63, 3.8) is 0 Å². The molecule has 1 aliphatic carbocycles. The Balaban J connectivity index is 1.56. The van der Waals surface area contributed by atoms with E-state index in [1.165, 1.54) is 63.8 Å². The van der Waals surface area contributed by atoms with Crippen LogP contribution in [0.2, 0.25) is 0 Å². The molecule has 1 N–H and O–H groups in total. The molecule has 3 atom stereocenters. The summed E-state index contributed by atoms with van der Waals surface area (Å²) in [6.07, 6.45) is 10.2. The van der Waals surface area contributed by atoms with Gasteiger partial charge in [-0.3, -0.25) is 0 Å². The van der Waals surface area contributed by atoms with E-state index in [4.69, 9.17) is 0 Å². The van der Waals surface area contributed by atoms with E-state index in [-0.39, 0.29) is 0 Å². The Hall–Kier alpha value is 0.310. The van der Waals surface area contributed by atoms with Crippen molar-refractivity contribution in [2.75, 3.05) is 18.8 Å². The lowest BCUT2D eigenvalue weighted by Gasteiger charge is -2.27. The predicted molar refractivity (Wildman–Crippen MR) is 74.1 cm³/mol. The molecule has 16 heavy (non-hydrogen) atoms. The fourth-order valence-electron chi connectivity index (χ4n) is 3.10. The molecule has 3 unspecified atom stereocenters. The second-order valence-electron chi connectivity index (χ2n) is 5.77. The van der Waals surface area contributed by atoms with E-state index in [2.05, 4.69) is 24.0 Å². The van der Waals surface area contributed by atoms with E-state index >= 15 is 0 Å². The maximum atomic E-state index is 3.52. The lowest BCUT2D eigenvalue weighted by atomic mass is 9.91. The molecule has 0 radical (unpaired) electrons. The highest BCUT2D eigenvalue weighted by atomic mass is 32.2. The van der Waals surface area contributed by atoms with Gasteiger partial charge in [-0.25, -0.2) is 0 Å². The van der Waals surface area contributed by atoms with Crippen LogP contribution in [0.3, 0.4) is 0 Å². The van der Waals surface area contributed by atoms with E-state index in [1.54, 1.807) is 0 Å². The molecule has 1 nitrogen and oxygen atoms in total. The van der Waals surface area contributed by atoms with Crippen LogP contribution in [0.25, 0.3) is 0 Å². The molecule has 1 aliphatic heterocycles. The second-order valence-corrected chi connectivity index (χ2v) is 7.17. The molecule has 0 bridgehead atoms. The SMILES string of the molecule is CC1CCCC(SCCC2CCCNC2)C1. The van der Waals surface area contributed by atoms with E-state index in [0.29, 0.717) is 0 Å². The molecular formula is C14H27NS. The molecule has 0 aromatic heterocycles. The van der Waals surface area contributed by atoms with Crippen LogP contribution in [0.1, 0.15) is 51.9 Å². The lowest BCUT2D eigenvalue weighted by Crippen LogP contribution is -2.30.